The van der Waals surface area contributed by atoms with Crippen LogP contribution in [0.2, 0.25) is 0 Å². The highest BCUT2D eigenvalue weighted by Gasteiger charge is 2.21. The van der Waals surface area contributed by atoms with Crippen molar-refractivity contribution < 1.29 is 4.74 Å². The van der Waals surface area contributed by atoms with Gasteiger partial charge in [-0.1, -0.05) is 35.0 Å². The van der Waals surface area contributed by atoms with Gasteiger partial charge in [0.1, 0.15) is 5.69 Å². The number of ether oxygens (including phenoxy) is 1. The van der Waals surface area contributed by atoms with E-state index >= 15 is 0 Å². The number of benzene rings is 1. The van der Waals surface area contributed by atoms with Crippen LogP contribution in [0.4, 0.5) is 0 Å². The van der Waals surface area contributed by atoms with Crippen LogP contribution in [0, 0.1) is 13.8 Å². The second-order valence-electron chi connectivity index (χ2n) is 4.91. The normalized spacial score (nSPS) is 12.2. The summed E-state index contributed by atoms with van der Waals surface area (Å²) >= 11 is 3.61. The lowest BCUT2D eigenvalue weighted by atomic mass is 9.99. The van der Waals surface area contributed by atoms with E-state index in [-0.39, 0.29) is 6.04 Å². The molecule has 1 unspecified atom stereocenters. The number of hydrogen-bond donors (Lipinski definition) is 1. The fourth-order valence-corrected chi connectivity index (χ4v) is 2.64. The number of nitrogens with zero attached hydrogens (tertiary/aromatic N) is 2. The van der Waals surface area contributed by atoms with Crippen LogP contribution < -0.4 is 10.1 Å². The highest BCUT2D eigenvalue weighted by Crippen LogP contribution is 2.30. The second-order valence-corrected chi connectivity index (χ2v) is 5.70. The number of nitrogens with one attached hydrogen (secondary N) is 1. The standard InChI is InChI=1S/C16H20BrN3O/c1-5-18-14(15-16(21-4)20-7-6-19-15)12-8-10(2)13(17)11(3)9-12/h6-9,14,18H,5H2,1-4H3. The molecule has 0 fully saturated rings. The Bertz CT molecular complexity index is 608. The van der Waals surface area contributed by atoms with E-state index < -0.39 is 0 Å². The van der Waals surface area contributed by atoms with Crippen LogP contribution in [0.3, 0.4) is 0 Å². The molecule has 0 amide bonds. The lowest BCUT2D eigenvalue weighted by Crippen LogP contribution is -2.24. The number of rotatable bonds is 5. The molecule has 0 saturated heterocycles. The Morgan fingerprint density at radius 3 is 2.38 bits per heavy atom. The number of aryl methyl sites for hydroxylation is 2. The molecule has 112 valence electrons. The van der Waals surface area contributed by atoms with Crippen molar-refractivity contribution in [2.45, 2.75) is 26.8 Å². The molecule has 0 bridgehead atoms. The largest absolute Gasteiger partial charge is 0.480 e. The van der Waals surface area contributed by atoms with Gasteiger partial charge in [-0.3, -0.25) is 4.98 Å². The van der Waals surface area contributed by atoms with Crippen molar-refractivity contribution in [1.82, 2.24) is 15.3 Å². The van der Waals surface area contributed by atoms with Crippen LogP contribution in [-0.4, -0.2) is 23.6 Å². The quantitative estimate of drug-likeness (QED) is 0.896. The van der Waals surface area contributed by atoms with Crippen LogP contribution in [-0.2, 0) is 0 Å². The molecular formula is C16H20BrN3O. The molecule has 1 aromatic heterocycles. The third kappa shape index (κ3) is 3.41. The summed E-state index contributed by atoms with van der Waals surface area (Å²) in [5.41, 5.74) is 4.38. The molecule has 0 spiro atoms. The summed E-state index contributed by atoms with van der Waals surface area (Å²) in [4.78, 5) is 8.72. The number of halogens is 1. The first kappa shape index (κ1) is 15.9. The van der Waals surface area contributed by atoms with Gasteiger partial charge in [0.05, 0.1) is 13.2 Å². The number of hydrogen-bond acceptors (Lipinski definition) is 4. The molecule has 21 heavy (non-hydrogen) atoms. The highest BCUT2D eigenvalue weighted by molar-refractivity contribution is 9.10. The van der Waals surface area contributed by atoms with E-state index in [0.29, 0.717) is 5.88 Å². The molecule has 0 saturated carbocycles. The smallest absolute Gasteiger partial charge is 0.237 e. The zero-order valence-corrected chi connectivity index (χ0v) is 14.4. The van der Waals surface area contributed by atoms with E-state index in [0.717, 1.165) is 22.3 Å². The third-order valence-electron chi connectivity index (χ3n) is 3.36. The van der Waals surface area contributed by atoms with Gasteiger partial charge >= 0.3 is 0 Å². The van der Waals surface area contributed by atoms with Gasteiger partial charge < -0.3 is 10.1 Å². The zero-order chi connectivity index (χ0) is 15.4. The van der Waals surface area contributed by atoms with Crippen molar-refractivity contribution in [3.05, 3.63) is 51.4 Å². The van der Waals surface area contributed by atoms with Crippen LogP contribution in [0.15, 0.2) is 29.0 Å². The average molecular weight is 350 g/mol. The van der Waals surface area contributed by atoms with Crippen molar-refractivity contribution in [3.63, 3.8) is 0 Å². The van der Waals surface area contributed by atoms with Crippen LogP contribution in [0.5, 0.6) is 5.88 Å². The maximum Gasteiger partial charge on any atom is 0.237 e. The Labute approximate surface area is 134 Å². The Hall–Kier alpha value is -1.46. The van der Waals surface area contributed by atoms with Crippen LogP contribution in [0.1, 0.15) is 35.3 Å². The molecule has 0 aliphatic carbocycles. The first-order valence-corrected chi connectivity index (χ1v) is 7.72. The molecule has 5 heteroatoms. The molecule has 2 aromatic rings. The van der Waals surface area contributed by atoms with Gasteiger partial charge in [0.2, 0.25) is 5.88 Å². The molecule has 1 aromatic carbocycles. The van der Waals surface area contributed by atoms with E-state index in [2.05, 4.69) is 64.1 Å². The summed E-state index contributed by atoms with van der Waals surface area (Å²) in [7, 11) is 1.62. The summed E-state index contributed by atoms with van der Waals surface area (Å²) < 4.78 is 6.50. The van der Waals surface area contributed by atoms with Crippen molar-refractivity contribution in [2.24, 2.45) is 0 Å². The summed E-state index contributed by atoms with van der Waals surface area (Å²) in [6.45, 7) is 7.10. The van der Waals surface area contributed by atoms with Gasteiger partial charge in [0, 0.05) is 16.9 Å². The van der Waals surface area contributed by atoms with Crippen molar-refractivity contribution in [1.29, 1.82) is 0 Å². The Balaban J connectivity index is 2.53. The van der Waals surface area contributed by atoms with Gasteiger partial charge in [-0.15, -0.1) is 0 Å². The summed E-state index contributed by atoms with van der Waals surface area (Å²) in [5, 5.41) is 3.47. The molecule has 1 N–H and O–H groups in total. The summed E-state index contributed by atoms with van der Waals surface area (Å²) in [6.07, 6.45) is 3.34. The Kier molecular flexibility index (Phi) is 5.31. The molecule has 0 aliphatic rings. The first-order valence-electron chi connectivity index (χ1n) is 6.93. The lowest BCUT2D eigenvalue weighted by Gasteiger charge is -2.21. The molecule has 1 atom stereocenters. The maximum atomic E-state index is 5.36. The lowest BCUT2D eigenvalue weighted by molar-refractivity contribution is 0.383. The second kappa shape index (κ2) is 7.00. The van der Waals surface area contributed by atoms with Gasteiger partial charge in [-0.25, -0.2) is 4.98 Å². The van der Waals surface area contributed by atoms with Gasteiger partial charge in [-0.2, -0.15) is 0 Å². The zero-order valence-electron chi connectivity index (χ0n) is 12.8. The van der Waals surface area contributed by atoms with E-state index in [4.69, 9.17) is 4.74 Å². The minimum Gasteiger partial charge on any atom is -0.480 e. The maximum absolute atomic E-state index is 5.36. The van der Waals surface area contributed by atoms with Crippen molar-refractivity contribution in [2.75, 3.05) is 13.7 Å². The van der Waals surface area contributed by atoms with Gasteiger partial charge in [0.25, 0.3) is 0 Å². The highest BCUT2D eigenvalue weighted by atomic mass is 79.9. The summed E-state index contributed by atoms with van der Waals surface area (Å²) in [6, 6.07) is 4.29. The number of methoxy groups -OCH3 is 1. The minimum atomic E-state index is -0.0378. The fraction of sp³-hybridized carbons (Fsp3) is 0.375. The monoisotopic (exact) mass is 349 g/mol. The topological polar surface area (TPSA) is 47.0 Å². The van der Waals surface area contributed by atoms with Gasteiger partial charge in [-0.05, 0) is 37.1 Å². The molecule has 0 radical (unpaired) electrons. The first-order chi connectivity index (χ1) is 10.1. The van der Waals surface area contributed by atoms with E-state index in [1.807, 2.05) is 0 Å². The SMILES string of the molecule is CCNC(c1cc(C)c(Br)c(C)c1)c1nccnc1OC. The Morgan fingerprint density at radius 1 is 1.19 bits per heavy atom. The predicted molar refractivity (Wildman–Crippen MR) is 87.7 cm³/mol. The van der Waals surface area contributed by atoms with Crippen molar-refractivity contribution >= 4 is 15.9 Å². The minimum absolute atomic E-state index is 0.0378. The third-order valence-corrected chi connectivity index (χ3v) is 4.61. The Morgan fingerprint density at radius 2 is 1.81 bits per heavy atom. The molecule has 2 rings (SSSR count). The average Bonchev–Trinajstić information content (AvgIpc) is 2.49. The number of aromatic nitrogens is 2. The van der Waals surface area contributed by atoms with E-state index in [9.17, 15) is 0 Å². The van der Waals surface area contributed by atoms with Crippen molar-refractivity contribution in [3.8, 4) is 5.88 Å². The fourth-order valence-electron chi connectivity index (χ4n) is 2.41. The van der Waals surface area contributed by atoms with Gasteiger partial charge in [0.15, 0.2) is 0 Å². The molecule has 0 aliphatic heterocycles. The van der Waals surface area contributed by atoms with E-state index in [1.165, 1.54) is 11.1 Å². The molecular weight excluding hydrogens is 330 g/mol. The van der Waals surface area contributed by atoms with E-state index in [1.54, 1.807) is 19.5 Å². The summed E-state index contributed by atoms with van der Waals surface area (Å²) in [5.74, 6) is 0.557. The van der Waals surface area contributed by atoms with Crippen LogP contribution in [0.25, 0.3) is 0 Å². The molecule has 1 heterocycles. The van der Waals surface area contributed by atoms with Crippen LogP contribution >= 0.6 is 15.9 Å². The predicted octanol–water partition coefficient (Wildman–Crippen LogP) is 3.56. The molecule has 4 nitrogen and oxygen atoms in total.